The zero-order chi connectivity index (χ0) is 11.2. The van der Waals surface area contributed by atoms with Crippen LogP contribution in [0.15, 0.2) is 24.3 Å². The van der Waals surface area contributed by atoms with Crippen LogP contribution < -0.4 is 10.1 Å². The second kappa shape index (κ2) is 5.75. The van der Waals surface area contributed by atoms with Gasteiger partial charge in [0, 0.05) is 0 Å². The summed E-state index contributed by atoms with van der Waals surface area (Å²) in [5.74, 6) is 1.93. The van der Waals surface area contributed by atoms with Crippen molar-refractivity contribution in [2.24, 2.45) is 5.92 Å². The van der Waals surface area contributed by atoms with E-state index in [1.165, 1.54) is 12.8 Å². The number of aromatic hydroxyl groups is 1. The fourth-order valence-corrected chi connectivity index (χ4v) is 2.06. The normalized spacial score (nSPS) is 17.2. The molecule has 1 aliphatic heterocycles. The van der Waals surface area contributed by atoms with Gasteiger partial charge in [0.25, 0.3) is 0 Å². The van der Waals surface area contributed by atoms with Crippen molar-refractivity contribution >= 4 is 0 Å². The number of hydrogen-bond acceptors (Lipinski definition) is 3. The van der Waals surface area contributed by atoms with Gasteiger partial charge in [0.1, 0.15) is 11.5 Å². The molecular formula is C13H19NO2. The van der Waals surface area contributed by atoms with Crippen LogP contribution in [0.3, 0.4) is 0 Å². The van der Waals surface area contributed by atoms with Gasteiger partial charge in [-0.25, -0.2) is 0 Å². The second-order valence-corrected chi connectivity index (χ2v) is 4.32. The molecule has 0 amide bonds. The highest BCUT2D eigenvalue weighted by atomic mass is 16.5. The van der Waals surface area contributed by atoms with Crippen LogP contribution in [0.1, 0.15) is 19.3 Å². The van der Waals surface area contributed by atoms with Crippen molar-refractivity contribution in [3.63, 3.8) is 0 Å². The molecule has 1 heterocycles. The summed E-state index contributed by atoms with van der Waals surface area (Å²) in [6.07, 6.45) is 3.65. The molecule has 0 aliphatic carbocycles. The van der Waals surface area contributed by atoms with Gasteiger partial charge in [0.05, 0.1) is 6.61 Å². The summed E-state index contributed by atoms with van der Waals surface area (Å²) in [6, 6.07) is 6.91. The Morgan fingerprint density at radius 1 is 1.19 bits per heavy atom. The average molecular weight is 221 g/mol. The quantitative estimate of drug-likeness (QED) is 0.818. The van der Waals surface area contributed by atoms with Crippen molar-refractivity contribution in [1.29, 1.82) is 0 Å². The van der Waals surface area contributed by atoms with Crippen molar-refractivity contribution < 1.29 is 9.84 Å². The van der Waals surface area contributed by atoms with Crippen LogP contribution >= 0.6 is 0 Å². The van der Waals surface area contributed by atoms with Crippen molar-refractivity contribution in [1.82, 2.24) is 5.32 Å². The van der Waals surface area contributed by atoms with Gasteiger partial charge in [0.15, 0.2) is 0 Å². The molecule has 1 saturated heterocycles. The van der Waals surface area contributed by atoms with Gasteiger partial charge < -0.3 is 15.2 Å². The minimum Gasteiger partial charge on any atom is -0.508 e. The van der Waals surface area contributed by atoms with Crippen LogP contribution in [0.2, 0.25) is 0 Å². The lowest BCUT2D eigenvalue weighted by molar-refractivity contribution is 0.251. The summed E-state index contributed by atoms with van der Waals surface area (Å²) in [5, 5.41) is 12.5. The number of phenols is 1. The Hall–Kier alpha value is -1.22. The molecule has 1 aliphatic rings. The first-order chi connectivity index (χ1) is 7.84. The van der Waals surface area contributed by atoms with Crippen LogP contribution in [0.4, 0.5) is 0 Å². The van der Waals surface area contributed by atoms with E-state index in [1.54, 1.807) is 24.3 Å². The molecule has 0 spiro atoms. The lowest BCUT2D eigenvalue weighted by Crippen LogP contribution is -2.28. The van der Waals surface area contributed by atoms with Gasteiger partial charge in [-0.05, 0) is 62.5 Å². The van der Waals surface area contributed by atoms with E-state index in [-0.39, 0.29) is 5.75 Å². The maximum absolute atomic E-state index is 9.12. The largest absolute Gasteiger partial charge is 0.508 e. The Kier molecular flexibility index (Phi) is 4.05. The molecule has 16 heavy (non-hydrogen) atoms. The summed E-state index contributed by atoms with van der Waals surface area (Å²) >= 11 is 0. The Bertz CT molecular complexity index is 304. The molecule has 3 heteroatoms. The lowest BCUT2D eigenvalue weighted by atomic mass is 9.95. The minimum absolute atomic E-state index is 0.283. The van der Waals surface area contributed by atoms with Crippen molar-refractivity contribution in [3.8, 4) is 11.5 Å². The third kappa shape index (κ3) is 3.42. The highest BCUT2D eigenvalue weighted by Gasteiger charge is 2.12. The number of ether oxygens (including phenoxy) is 1. The summed E-state index contributed by atoms with van der Waals surface area (Å²) in [4.78, 5) is 0. The summed E-state index contributed by atoms with van der Waals surface area (Å²) in [7, 11) is 0. The van der Waals surface area contributed by atoms with Crippen LogP contribution in [-0.4, -0.2) is 24.8 Å². The second-order valence-electron chi connectivity index (χ2n) is 4.32. The SMILES string of the molecule is Oc1ccc(OCCC2CCNCC2)cc1. The molecule has 0 unspecified atom stereocenters. The van der Waals surface area contributed by atoms with Crippen LogP contribution in [0.5, 0.6) is 11.5 Å². The Balaban J connectivity index is 1.69. The standard InChI is InChI=1S/C13H19NO2/c15-12-1-3-13(4-2-12)16-10-7-11-5-8-14-9-6-11/h1-4,11,14-15H,5-10H2. The molecule has 0 aromatic heterocycles. The fourth-order valence-electron chi connectivity index (χ4n) is 2.06. The molecule has 1 fully saturated rings. The average Bonchev–Trinajstić information content (AvgIpc) is 2.33. The van der Waals surface area contributed by atoms with Gasteiger partial charge in [-0.3, -0.25) is 0 Å². The first-order valence-electron chi connectivity index (χ1n) is 5.97. The van der Waals surface area contributed by atoms with Crippen molar-refractivity contribution in [2.75, 3.05) is 19.7 Å². The number of piperidine rings is 1. The summed E-state index contributed by atoms with van der Waals surface area (Å²) in [6.45, 7) is 3.06. The molecule has 2 N–H and O–H groups in total. The topological polar surface area (TPSA) is 41.5 Å². The van der Waals surface area contributed by atoms with E-state index in [1.807, 2.05) is 0 Å². The van der Waals surface area contributed by atoms with Gasteiger partial charge in [-0.1, -0.05) is 0 Å². The number of phenolic OH excluding ortho intramolecular Hbond substituents is 1. The molecule has 1 aromatic rings. The Labute approximate surface area is 96.4 Å². The van der Waals surface area contributed by atoms with Gasteiger partial charge in [-0.2, -0.15) is 0 Å². The number of nitrogens with one attached hydrogen (secondary N) is 1. The van der Waals surface area contributed by atoms with Crippen LogP contribution in [0.25, 0.3) is 0 Å². The van der Waals surface area contributed by atoms with E-state index in [9.17, 15) is 0 Å². The van der Waals surface area contributed by atoms with E-state index in [4.69, 9.17) is 9.84 Å². The highest BCUT2D eigenvalue weighted by molar-refractivity contribution is 5.29. The van der Waals surface area contributed by atoms with Gasteiger partial charge in [0.2, 0.25) is 0 Å². The highest BCUT2D eigenvalue weighted by Crippen LogP contribution is 2.19. The molecule has 2 rings (SSSR count). The number of benzene rings is 1. The predicted molar refractivity (Wildman–Crippen MR) is 63.8 cm³/mol. The van der Waals surface area contributed by atoms with Crippen molar-refractivity contribution in [3.05, 3.63) is 24.3 Å². The number of hydrogen-bond donors (Lipinski definition) is 2. The zero-order valence-corrected chi connectivity index (χ0v) is 9.48. The molecule has 0 saturated carbocycles. The molecule has 0 atom stereocenters. The number of rotatable bonds is 4. The molecule has 1 aromatic carbocycles. The fraction of sp³-hybridized carbons (Fsp3) is 0.538. The van der Waals surface area contributed by atoms with E-state index < -0.39 is 0 Å². The van der Waals surface area contributed by atoms with Crippen LogP contribution in [0, 0.1) is 5.92 Å². The first kappa shape index (κ1) is 11.3. The summed E-state index contributed by atoms with van der Waals surface area (Å²) < 4.78 is 5.63. The van der Waals surface area contributed by atoms with E-state index >= 15 is 0 Å². The molecule has 88 valence electrons. The minimum atomic E-state index is 0.283. The third-order valence-corrected chi connectivity index (χ3v) is 3.09. The molecular weight excluding hydrogens is 202 g/mol. The maximum Gasteiger partial charge on any atom is 0.119 e. The molecule has 0 radical (unpaired) electrons. The monoisotopic (exact) mass is 221 g/mol. The van der Waals surface area contributed by atoms with Crippen molar-refractivity contribution in [2.45, 2.75) is 19.3 Å². The van der Waals surface area contributed by atoms with E-state index in [0.29, 0.717) is 0 Å². The lowest BCUT2D eigenvalue weighted by Gasteiger charge is -2.22. The maximum atomic E-state index is 9.12. The Morgan fingerprint density at radius 3 is 2.56 bits per heavy atom. The van der Waals surface area contributed by atoms with Gasteiger partial charge in [-0.15, -0.1) is 0 Å². The third-order valence-electron chi connectivity index (χ3n) is 3.09. The molecule has 0 bridgehead atoms. The summed E-state index contributed by atoms with van der Waals surface area (Å²) in [5.41, 5.74) is 0. The predicted octanol–water partition coefficient (Wildman–Crippen LogP) is 2.16. The van der Waals surface area contributed by atoms with E-state index in [0.717, 1.165) is 37.8 Å². The Morgan fingerprint density at radius 2 is 1.88 bits per heavy atom. The first-order valence-corrected chi connectivity index (χ1v) is 5.97. The van der Waals surface area contributed by atoms with E-state index in [2.05, 4.69) is 5.32 Å². The zero-order valence-electron chi connectivity index (χ0n) is 9.48. The molecule has 3 nitrogen and oxygen atoms in total. The van der Waals surface area contributed by atoms with Gasteiger partial charge >= 0.3 is 0 Å². The van der Waals surface area contributed by atoms with Crippen LogP contribution in [-0.2, 0) is 0 Å². The smallest absolute Gasteiger partial charge is 0.119 e.